The average Bonchev–Trinajstić information content (AvgIpc) is 2.61. The summed E-state index contributed by atoms with van der Waals surface area (Å²) in [6.07, 6.45) is 2.85. The number of amides is 1. The summed E-state index contributed by atoms with van der Waals surface area (Å²) in [5.41, 5.74) is 0.616. The Labute approximate surface area is 149 Å². The quantitative estimate of drug-likeness (QED) is 0.705. The van der Waals surface area contributed by atoms with Crippen molar-refractivity contribution in [2.24, 2.45) is 0 Å². The SMILES string of the molecule is CCC(CC)N1CCN(C(=O)CCC(=O)c2ccc(Cl)cc2)CC1. The summed E-state index contributed by atoms with van der Waals surface area (Å²) in [6.45, 7) is 7.84. The second-order valence-corrected chi connectivity index (χ2v) is 6.75. The minimum Gasteiger partial charge on any atom is -0.340 e. The molecule has 0 N–H and O–H groups in total. The topological polar surface area (TPSA) is 40.6 Å². The van der Waals surface area contributed by atoms with Crippen molar-refractivity contribution >= 4 is 23.3 Å². The smallest absolute Gasteiger partial charge is 0.223 e. The van der Waals surface area contributed by atoms with Crippen molar-refractivity contribution in [1.82, 2.24) is 9.80 Å². The lowest BCUT2D eigenvalue weighted by Gasteiger charge is -2.38. The molecule has 5 heteroatoms. The number of hydrogen-bond donors (Lipinski definition) is 0. The van der Waals surface area contributed by atoms with Crippen molar-refractivity contribution in [2.45, 2.75) is 45.6 Å². The third-order valence-corrected chi connectivity index (χ3v) is 5.11. The van der Waals surface area contributed by atoms with E-state index in [2.05, 4.69) is 18.7 Å². The van der Waals surface area contributed by atoms with Crippen LogP contribution in [0.1, 0.15) is 49.9 Å². The molecule has 1 aromatic rings. The van der Waals surface area contributed by atoms with E-state index in [1.165, 1.54) is 0 Å². The van der Waals surface area contributed by atoms with Gasteiger partial charge in [-0.1, -0.05) is 25.4 Å². The maximum absolute atomic E-state index is 12.3. The van der Waals surface area contributed by atoms with Gasteiger partial charge in [0.05, 0.1) is 0 Å². The summed E-state index contributed by atoms with van der Waals surface area (Å²) in [4.78, 5) is 28.8. The minimum absolute atomic E-state index is 0.00400. The fraction of sp³-hybridized carbons (Fsp3) is 0.579. The number of hydrogen-bond acceptors (Lipinski definition) is 3. The molecule has 0 aliphatic carbocycles. The van der Waals surface area contributed by atoms with Gasteiger partial charge in [0, 0.05) is 55.6 Å². The van der Waals surface area contributed by atoms with E-state index in [9.17, 15) is 9.59 Å². The molecule has 1 aromatic carbocycles. The summed E-state index contributed by atoms with van der Waals surface area (Å²) < 4.78 is 0. The van der Waals surface area contributed by atoms with Crippen molar-refractivity contribution in [3.63, 3.8) is 0 Å². The summed E-state index contributed by atoms with van der Waals surface area (Å²) in [5, 5.41) is 0.609. The molecule has 0 radical (unpaired) electrons. The van der Waals surface area contributed by atoms with Gasteiger partial charge in [-0.05, 0) is 37.1 Å². The highest BCUT2D eigenvalue weighted by Crippen LogP contribution is 2.15. The van der Waals surface area contributed by atoms with Gasteiger partial charge in [-0.3, -0.25) is 14.5 Å². The minimum atomic E-state index is -0.00400. The van der Waals surface area contributed by atoms with E-state index in [1.807, 2.05) is 4.90 Å². The standard InChI is InChI=1S/C19H27ClN2O2/c1-3-17(4-2)21-11-13-22(14-12-21)19(24)10-9-18(23)15-5-7-16(20)8-6-15/h5-8,17H,3-4,9-14H2,1-2H3. The molecule has 0 saturated carbocycles. The van der Waals surface area contributed by atoms with Gasteiger partial charge < -0.3 is 4.90 Å². The van der Waals surface area contributed by atoms with Crippen molar-refractivity contribution in [3.05, 3.63) is 34.9 Å². The van der Waals surface area contributed by atoms with E-state index in [1.54, 1.807) is 24.3 Å². The number of rotatable bonds is 7. The highest BCUT2D eigenvalue weighted by atomic mass is 35.5. The van der Waals surface area contributed by atoms with Gasteiger partial charge in [-0.25, -0.2) is 0 Å². The second kappa shape index (κ2) is 9.19. The molecular formula is C19H27ClN2O2. The number of halogens is 1. The number of Topliss-reactive ketones (excluding diaryl/α,β-unsaturated/α-hetero) is 1. The molecular weight excluding hydrogens is 324 g/mol. The monoisotopic (exact) mass is 350 g/mol. The molecule has 0 aromatic heterocycles. The Kier molecular flexibility index (Phi) is 7.25. The van der Waals surface area contributed by atoms with Crippen LogP contribution in [0.2, 0.25) is 5.02 Å². The molecule has 1 aliphatic rings. The fourth-order valence-corrected chi connectivity index (χ4v) is 3.43. The van der Waals surface area contributed by atoms with Crippen LogP contribution in [-0.4, -0.2) is 53.7 Å². The first-order valence-corrected chi connectivity index (χ1v) is 9.23. The van der Waals surface area contributed by atoms with Gasteiger partial charge in [0.15, 0.2) is 5.78 Å². The van der Waals surface area contributed by atoms with Gasteiger partial charge in [-0.15, -0.1) is 0 Å². The van der Waals surface area contributed by atoms with E-state index < -0.39 is 0 Å². The second-order valence-electron chi connectivity index (χ2n) is 6.32. The van der Waals surface area contributed by atoms with Crippen molar-refractivity contribution in [2.75, 3.05) is 26.2 Å². The maximum Gasteiger partial charge on any atom is 0.223 e. The first-order chi connectivity index (χ1) is 11.5. The van der Waals surface area contributed by atoms with Gasteiger partial charge in [-0.2, -0.15) is 0 Å². The Morgan fingerprint density at radius 1 is 1.00 bits per heavy atom. The molecule has 1 amide bonds. The van der Waals surface area contributed by atoms with Crippen molar-refractivity contribution in [1.29, 1.82) is 0 Å². The van der Waals surface area contributed by atoms with E-state index in [0.717, 1.165) is 39.0 Å². The molecule has 4 nitrogen and oxygen atoms in total. The number of piperazine rings is 1. The summed E-state index contributed by atoms with van der Waals surface area (Å²) in [5.74, 6) is 0.0807. The predicted octanol–water partition coefficient (Wildman–Crippen LogP) is 3.64. The highest BCUT2D eigenvalue weighted by molar-refractivity contribution is 6.30. The van der Waals surface area contributed by atoms with Crippen LogP contribution in [0.5, 0.6) is 0 Å². The van der Waals surface area contributed by atoms with Crippen LogP contribution in [0.4, 0.5) is 0 Å². The Bertz CT molecular complexity index is 547. The third-order valence-electron chi connectivity index (χ3n) is 4.86. The number of carbonyl (C=O) groups excluding carboxylic acids is 2. The van der Waals surface area contributed by atoms with E-state index >= 15 is 0 Å². The molecule has 1 heterocycles. The number of carbonyl (C=O) groups is 2. The molecule has 24 heavy (non-hydrogen) atoms. The van der Waals surface area contributed by atoms with Gasteiger partial charge in [0.2, 0.25) is 5.91 Å². The van der Waals surface area contributed by atoms with Crippen LogP contribution in [0.25, 0.3) is 0 Å². The summed E-state index contributed by atoms with van der Waals surface area (Å²) in [7, 11) is 0. The Morgan fingerprint density at radius 2 is 1.58 bits per heavy atom. The summed E-state index contributed by atoms with van der Waals surface area (Å²) >= 11 is 5.82. The lowest BCUT2D eigenvalue weighted by molar-refractivity contribution is -0.133. The van der Waals surface area contributed by atoms with Crippen LogP contribution in [-0.2, 0) is 4.79 Å². The zero-order chi connectivity index (χ0) is 17.5. The molecule has 2 rings (SSSR count). The van der Waals surface area contributed by atoms with Crippen molar-refractivity contribution in [3.8, 4) is 0 Å². The van der Waals surface area contributed by atoms with Crippen molar-refractivity contribution < 1.29 is 9.59 Å². The fourth-order valence-electron chi connectivity index (χ4n) is 3.30. The molecule has 0 spiro atoms. The zero-order valence-electron chi connectivity index (χ0n) is 14.6. The average molecular weight is 351 g/mol. The van der Waals surface area contributed by atoms with Crippen LogP contribution in [0, 0.1) is 0 Å². The molecule has 0 bridgehead atoms. The molecule has 132 valence electrons. The van der Waals surface area contributed by atoms with E-state index in [0.29, 0.717) is 16.6 Å². The number of ketones is 1. The largest absolute Gasteiger partial charge is 0.340 e. The van der Waals surface area contributed by atoms with Crippen LogP contribution in [0.15, 0.2) is 24.3 Å². The van der Waals surface area contributed by atoms with Gasteiger partial charge >= 0.3 is 0 Å². The van der Waals surface area contributed by atoms with Crippen LogP contribution < -0.4 is 0 Å². The molecule has 0 unspecified atom stereocenters. The Balaban J connectivity index is 1.77. The lowest BCUT2D eigenvalue weighted by atomic mass is 10.1. The first-order valence-electron chi connectivity index (χ1n) is 8.85. The van der Waals surface area contributed by atoms with Crippen LogP contribution >= 0.6 is 11.6 Å². The molecule has 1 fully saturated rings. The lowest BCUT2D eigenvalue weighted by Crippen LogP contribution is -2.51. The first kappa shape index (κ1) is 18.9. The maximum atomic E-state index is 12.3. The highest BCUT2D eigenvalue weighted by Gasteiger charge is 2.24. The van der Waals surface area contributed by atoms with Gasteiger partial charge in [0.1, 0.15) is 0 Å². The molecule has 1 saturated heterocycles. The van der Waals surface area contributed by atoms with Gasteiger partial charge in [0.25, 0.3) is 0 Å². The zero-order valence-corrected chi connectivity index (χ0v) is 15.4. The number of benzene rings is 1. The predicted molar refractivity (Wildman–Crippen MR) is 97.5 cm³/mol. The van der Waals surface area contributed by atoms with E-state index in [-0.39, 0.29) is 24.5 Å². The molecule has 0 atom stereocenters. The Hall–Kier alpha value is -1.39. The number of nitrogens with zero attached hydrogens (tertiary/aromatic N) is 2. The third kappa shape index (κ3) is 5.05. The molecule has 1 aliphatic heterocycles. The normalized spacial score (nSPS) is 15.8. The van der Waals surface area contributed by atoms with E-state index in [4.69, 9.17) is 11.6 Å². The Morgan fingerprint density at radius 3 is 2.12 bits per heavy atom. The van der Waals surface area contributed by atoms with Crippen LogP contribution in [0.3, 0.4) is 0 Å². The summed E-state index contributed by atoms with van der Waals surface area (Å²) in [6, 6.07) is 7.45.